The molecule has 0 atom stereocenters. The van der Waals surface area contributed by atoms with Crippen LogP contribution in [0.25, 0.3) is 0 Å². The van der Waals surface area contributed by atoms with Gasteiger partial charge in [0, 0.05) is 12.0 Å². The molecule has 0 saturated heterocycles. The van der Waals surface area contributed by atoms with Crippen molar-refractivity contribution >= 4 is 0 Å². The van der Waals surface area contributed by atoms with Gasteiger partial charge in [-0.15, -0.1) is 0 Å². The Morgan fingerprint density at radius 1 is 1.17 bits per heavy atom. The predicted molar refractivity (Wildman–Crippen MR) is 43.4 cm³/mol. The van der Waals surface area contributed by atoms with Crippen molar-refractivity contribution in [2.75, 3.05) is 20.0 Å². The number of alkyl halides is 2. The zero-order valence-corrected chi connectivity index (χ0v) is 7.23. The first-order chi connectivity index (χ1) is 5.76. The van der Waals surface area contributed by atoms with E-state index in [0.717, 1.165) is 12.8 Å². The number of rotatable bonds is 3. The molecule has 0 radical (unpaired) electrons. The quantitative estimate of drug-likeness (QED) is 0.701. The summed E-state index contributed by atoms with van der Waals surface area (Å²) in [4.78, 5) is 0. The van der Waals surface area contributed by atoms with Crippen LogP contribution in [0.1, 0.15) is 25.7 Å². The van der Waals surface area contributed by atoms with Gasteiger partial charge in [0.15, 0.2) is 0 Å². The summed E-state index contributed by atoms with van der Waals surface area (Å²) in [5.74, 6) is 0.274. The number of aliphatic hydroxyl groups excluding tert-OH is 1. The van der Waals surface area contributed by atoms with Crippen LogP contribution >= 0.6 is 0 Å². The van der Waals surface area contributed by atoms with Gasteiger partial charge in [0.05, 0.1) is 13.3 Å². The van der Waals surface area contributed by atoms with Crippen molar-refractivity contribution < 1.29 is 13.9 Å². The van der Waals surface area contributed by atoms with Gasteiger partial charge in [-0.2, -0.15) is 0 Å². The maximum absolute atomic E-state index is 12.5. The first-order valence-corrected chi connectivity index (χ1v) is 4.49. The van der Waals surface area contributed by atoms with Crippen LogP contribution in [0.15, 0.2) is 0 Å². The lowest BCUT2D eigenvalue weighted by atomic mass is 9.72. The second-order valence-electron chi connectivity index (χ2n) is 3.89. The Morgan fingerprint density at radius 3 is 2.00 bits per heavy atom. The topological polar surface area (TPSA) is 20.2 Å². The molecule has 1 saturated carbocycles. The molecule has 1 N–H and O–H groups in total. The van der Waals surface area contributed by atoms with Gasteiger partial charge >= 0.3 is 0 Å². The van der Waals surface area contributed by atoms with Crippen molar-refractivity contribution in [3.8, 4) is 0 Å². The molecule has 0 spiro atoms. The van der Waals surface area contributed by atoms with E-state index in [0.29, 0.717) is 12.8 Å². The zero-order chi connectivity index (χ0) is 9.03. The molecule has 3 heteroatoms. The fraction of sp³-hybridized carbons (Fsp3) is 1.00. The zero-order valence-electron chi connectivity index (χ0n) is 7.23. The van der Waals surface area contributed by atoms with E-state index in [1.165, 1.54) is 0 Å². The van der Waals surface area contributed by atoms with E-state index in [9.17, 15) is 8.78 Å². The average molecular weight is 178 g/mol. The molecule has 12 heavy (non-hydrogen) atoms. The Kier molecular flexibility index (Phi) is 3.44. The second kappa shape index (κ2) is 4.17. The minimum Gasteiger partial charge on any atom is -0.396 e. The van der Waals surface area contributed by atoms with Crippen molar-refractivity contribution in [3.05, 3.63) is 0 Å². The normalized spacial score (nSPS) is 24.2. The van der Waals surface area contributed by atoms with E-state index in [-0.39, 0.29) is 12.5 Å². The van der Waals surface area contributed by atoms with Gasteiger partial charge in [0.1, 0.15) is 0 Å². The van der Waals surface area contributed by atoms with Crippen molar-refractivity contribution in [2.45, 2.75) is 25.7 Å². The van der Waals surface area contributed by atoms with Gasteiger partial charge in [-0.3, -0.25) is 8.78 Å². The highest BCUT2D eigenvalue weighted by molar-refractivity contribution is 4.84. The van der Waals surface area contributed by atoms with Crippen LogP contribution in [0.3, 0.4) is 0 Å². The van der Waals surface area contributed by atoms with Crippen molar-refractivity contribution in [1.29, 1.82) is 0 Å². The monoisotopic (exact) mass is 178 g/mol. The third-order valence-electron chi connectivity index (χ3n) is 2.99. The molecule has 0 heterocycles. The summed E-state index contributed by atoms with van der Waals surface area (Å²) in [6.45, 7) is -0.946. The van der Waals surface area contributed by atoms with Crippen LogP contribution in [0, 0.1) is 11.3 Å². The van der Waals surface area contributed by atoms with E-state index < -0.39 is 18.8 Å². The van der Waals surface area contributed by atoms with E-state index in [4.69, 9.17) is 5.11 Å². The van der Waals surface area contributed by atoms with E-state index in [2.05, 4.69) is 0 Å². The summed E-state index contributed by atoms with van der Waals surface area (Å²) in [5.41, 5.74) is -0.703. The summed E-state index contributed by atoms with van der Waals surface area (Å²) >= 11 is 0. The van der Waals surface area contributed by atoms with Crippen LogP contribution in [0.5, 0.6) is 0 Å². The van der Waals surface area contributed by atoms with Crippen LogP contribution < -0.4 is 0 Å². The Hall–Kier alpha value is -0.180. The third-order valence-corrected chi connectivity index (χ3v) is 2.99. The summed E-state index contributed by atoms with van der Waals surface area (Å²) < 4.78 is 24.9. The first-order valence-electron chi connectivity index (χ1n) is 4.49. The Bertz CT molecular complexity index is 124. The summed E-state index contributed by atoms with van der Waals surface area (Å²) in [5, 5.41) is 8.82. The SMILES string of the molecule is OCC1CCC(CF)(CF)CC1. The molecule has 0 aromatic heterocycles. The fourth-order valence-electron chi connectivity index (χ4n) is 1.78. The standard InChI is InChI=1S/C9H16F2O/c10-6-9(7-11)3-1-8(5-12)2-4-9/h8,12H,1-7H2. The van der Waals surface area contributed by atoms with Crippen LogP contribution in [0.2, 0.25) is 0 Å². The molecular formula is C9H16F2O. The Morgan fingerprint density at radius 2 is 1.67 bits per heavy atom. The minimum absolute atomic E-state index is 0.161. The third kappa shape index (κ3) is 1.94. The maximum Gasteiger partial charge on any atom is 0.0975 e. The van der Waals surface area contributed by atoms with E-state index in [1.54, 1.807) is 0 Å². The molecule has 1 rings (SSSR count). The van der Waals surface area contributed by atoms with E-state index >= 15 is 0 Å². The number of halogens is 2. The number of hydrogen-bond acceptors (Lipinski definition) is 1. The summed E-state index contributed by atoms with van der Waals surface area (Å²) in [6.07, 6.45) is 2.71. The van der Waals surface area contributed by atoms with Crippen LogP contribution in [-0.4, -0.2) is 25.1 Å². The lowest BCUT2D eigenvalue weighted by Gasteiger charge is -2.35. The lowest BCUT2D eigenvalue weighted by Crippen LogP contribution is -2.32. The predicted octanol–water partition coefficient (Wildman–Crippen LogP) is 2.09. The van der Waals surface area contributed by atoms with Gasteiger partial charge in [-0.25, -0.2) is 0 Å². The van der Waals surface area contributed by atoms with Crippen molar-refractivity contribution in [2.24, 2.45) is 11.3 Å². The molecule has 0 aromatic carbocycles. The van der Waals surface area contributed by atoms with Gasteiger partial charge in [-0.1, -0.05) is 0 Å². The number of hydrogen-bond donors (Lipinski definition) is 1. The highest BCUT2D eigenvalue weighted by Gasteiger charge is 2.35. The van der Waals surface area contributed by atoms with E-state index in [1.807, 2.05) is 0 Å². The molecule has 1 nitrogen and oxygen atoms in total. The molecule has 0 bridgehead atoms. The molecule has 1 aliphatic rings. The Balaban J connectivity index is 2.42. The maximum atomic E-state index is 12.5. The van der Waals surface area contributed by atoms with Gasteiger partial charge < -0.3 is 5.11 Å². The van der Waals surface area contributed by atoms with Crippen molar-refractivity contribution in [1.82, 2.24) is 0 Å². The minimum atomic E-state index is -0.703. The smallest absolute Gasteiger partial charge is 0.0975 e. The first kappa shape index (κ1) is 9.90. The largest absolute Gasteiger partial charge is 0.396 e. The number of aliphatic hydroxyl groups is 1. The molecule has 1 aliphatic carbocycles. The molecule has 0 aliphatic heterocycles. The highest BCUT2D eigenvalue weighted by atomic mass is 19.1. The Labute approximate surface area is 71.8 Å². The van der Waals surface area contributed by atoms with Crippen molar-refractivity contribution in [3.63, 3.8) is 0 Å². The molecular weight excluding hydrogens is 162 g/mol. The molecule has 1 fully saturated rings. The van der Waals surface area contributed by atoms with Gasteiger partial charge in [0.2, 0.25) is 0 Å². The average Bonchev–Trinajstić information content (AvgIpc) is 2.18. The molecule has 0 amide bonds. The fourth-order valence-corrected chi connectivity index (χ4v) is 1.78. The van der Waals surface area contributed by atoms with Crippen LogP contribution in [-0.2, 0) is 0 Å². The second-order valence-corrected chi connectivity index (χ2v) is 3.89. The van der Waals surface area contributed by atoms with Gasteiger partial charge in [0.25, 0.3) is 0 Å². The lowest BCUT2D eigenvalue weighted by molar-refractivity contribution is 0.0603. The summed E-state index contributed by atoms with van der Waals surface area (Å²) in [7, 11) is 0. The van der Waals surface area contributed by atoms with Crippen LogP contribution in [0.4, 0.5) is 8.78 Å². The molecule has 0 unspecified atom stereocenters. The van der Waals surface area contributed by atoms with Gasteiger partial charge in [-0.05, 0) is 31.6 Å². The molecule has 0 aromatic rings. The molecule has 72 valence electrons. The highest BCUT2D eigenvalue weighted by Crippen LogP contribution is 2.39. The summed E-state index contributed by atoms with van der Waals surface area (Å²) in [6, 6.07) is 0.